The third-order valence-corrected chi connectivity index (χ3v) is 4.19. The van der Waals surface area contributed by atoms with Crippen LogP contribution in [-0.2, 0) is 11.0 Å². The van der Waals surface area contributed by atoms with Gasteiger partial charge in [0.2, 0.25) is 5.91 Å². The van der Waals surface area contributed by atoms with E-state index in [0.717, 1.165) is 12.1 Å². The molecule has 1 fully saturated rings. The molecule has 2 amide bonds. The first kappa shape index (κ1) is 18.8. The van der Waals surface area contributed by atoms with Crippen LogP contribution in [-0.4, -0.2) is 36.3 Å². The number of rotatable bonds is 4. The molecule has 0 spiro atoms. The van der Waals surface area contributed by atoms with E-state index in [-0.39, 0.29) is 29.7 Å². The third-order valence-electron chi connectivity index (χ3n) is 4.19. The molecule has 1 aromatic rings. The van der Waals surface area contributed by atoms with Crippen LogP contribution in [0, 0.1) is 17.2 Å². The summed E-state index contributed by atoms with van der Waals surface area (Å²) in [5, 5.41) is 11.1. The lowest BCUT2D eigenvalue weighted by molar-refractivity contribution is -0.137. The number of piperidine rings is 1. The van der Waals surface area contributed by atoms with Gasteiger partial charge in [0.25, 0.3) is 5.91 Å². The van der Waals surface area contributed by atoms with Gasteiger partial charge in [-0.1, -0.05) is 0 Å². The molecular weight excluding hydrogens is 335 g/mol. The van der Waals surface area contributed by atoms with E-state index in [1.165, 1.54) is 12.1 Å². The Balaban J connectivity index is 1.85. The first-order chi connectivity index (χ1) is 11.8. The Morgan fingerprint density at radius 1 is 1.20 bits per heavy atom. The van der Waals surface area contributed by atoms with Crippen molar-refractivity contribution in [3.8, 4) is 6.07 Å². The van der Waals surface area contributed by atoms with E-state index in [9.17, 15) is 22.8 Å². The molecule has 0 aromatic heterocycles. The van der Waals surface area contributed by atoms with Crippen LogP contribution in [0.5, 0.6) is 0 Å². The first-order valence-corrected chi connectivity index (χ1v) is 7.91. The van der Waals surface area contributed by atoms with Crippen molar-refractivity contribution in [3.05, 3.63) is 35.4 Å². The molecule has 1 N–H and O–H groups in total. The van der Waals surface area contributed by atoms with Crippen LogP contribution in [0.1, 0.15) is 35.2 Å². The number of carbonyl (C=O) groups is 2. The zero-order valence-electron chi connectivity index (χ0n) is 13.5. The predicted molar refractivity (Wildman–Crippen MR) is 83.3 cm³/mol. The number of nitrogens with one attached hydrogen (secondary N) is 1. The fourth-order valence-electron chi connectivity index (χ4n) is 2.72. The third kappa shape index (κ3) is 5.21. The van der Waals surface area contributed by atoms with Gasteiger partial charge in [-0.25, -0.2) is 0 Å². The molecule has 2 rings (SSSR count). The molecule has 1 saturated heterocycles. The zero-order valence-corrected chi connectivity index (χ0v) is 13.5. The minimum Gasteiger partial charge on any atom is -0.355 e. The van der Waals surface area contributed by atoms with E-state index in [4.69, 9.17) is 5.26 Å². The number of nitrogens with zero attached hydrogens (tertiary/aromatic N) is 2. The van der Waals surface area contributed by atoms with Crippen molar-refractivity contribution in [2.24, 2.45) is 5.92 Å². The summed E-state index contributed by atoms with van der Waals surface area (Å²) >= 11 is 0. The zero-order chi connectivity index (χ0) is 18.4. The Labute approximate surface area is 143 Å². The van der Waals surface area contributed by atoms with E-state index >= 15 is 0 Å². The molecule has 0 bridgehead atoms. The van der Waals surface area contributed by atoms with Crippen molar-refractivity contribution in [1.82, 2.24) is 10.2 Å². The second-order valence-corrected chi connectivity index (χ2v) is 5.95. The lowest BCUT2D eigenvalue weighted by Gasteiger charge is -2.32. The number of halogens is 3. The second-order valence-electron chi connectivity index (χ2n) is 5.95. The molecule has 134 valence electrons. The van der Waals surface area contributed by atoms with Crippen molar-refractivity contribution in [2.45, 2.75) is 25.4 Å². The Hall–Kier alpha value is -2.56. The maximum Gasteiger partial charge on any atom is 0.416 e. The number of likely N-dealkylation sites (tertiary alicyclic amines) is 1. The molecular formula is C17H18F3N3O2. The van der Waals surface area contributed by atoms with Crippen LogP contribution in [0.2, 0.25) is 0 Å². The van der Waals surface area contributed by atoms with E-state index < -0.39 is 11.7 Å². The first-order valence-electron chi connectivity index (χ1n) is 7.91. The summed E-state index contributed by atoms with van der Waals surface area (Å²) < 4.78 is 37.7. The van der Waals surface area contributed by atoms with Gasteiger partial charge in [0.05, 0.1) is 11.6 Å². The average molecular weight is 353 g/mol. The fourth-order valence-corrected chi connectivity index (χ4v) is 2.72. The van der Waals surface area contributed by atoms with Crippen molar-refractivity contribution < 1.29 is 22.8 Å². The number of hydrogen-bond donors (Lipinski definition) is 1. The lowest BCUT2D eigenvalue weighted by atomic mass is 9.96. The van der Waals surface area contributed by atoms with Gasteiger partial charge in [0, 0.05) is 25.2 Å². The number of nitriles is 1. The quantitative estimate of drug-likeness (QED) is 0.904. The molecule has 0 atom stereocenters. The highest BCUT2D eigenvalue weighted by atomic mass is 19.4. The van der Waals surface area contributed by atoms with Crippen molar-refractivity contribution in [1.29, 1.82) is 5.26 Å². The second kappa shape index (κ2) is 8.01. The van der Waals surface area contributed by atoms with Crippen LogP contribution >= 0.6 is 0 Å². The highest BCUT2D eigenvalue weighted by molar-refractivity contribution is 5.94. The summed E-state index contributed by atoms with van der Waals surface area (Å²) in [5.41, 5.74) is -0.551. The standard InChI is InChI=1S/C17H18F3N3O2/c18-17(19,20)14-3-1-13(2-4-14)16(25)23-9-6-12(7-10-23)11-22-15(24)5-8-21/h1-4,12H,5-7,9-11H2,(H,22,24). The number of amides is 2. The van der Waals surface area contributed by atoms with Gasteiger partial charge >= 0.3 is 6.18 Å². The monoisotopic (exact) mass is 353 g/mol. The molecule has 1 aromatic carbocycles. The van der Waals surface area contributed by atoms with Crippen LogP contribution in [0.4, 0.5) is 13.2 Å². The Kier molecular flexibility index (Phi) is 6.02. The maximum atomic E-state index is 12.6. The summed E-state index contributed by atoms with van der Waals surface area (Å²) in [4.78, 5) is 25.2. The van der Waals surface area contributed by atoms with Gasteiger partial charge in [-0.05, 0) is 43.0 Å². The van der Waals surface area contributed by atoms with E-state index in [1.807, 2.05) is 0 Å². The average Bonchev–Trinajstić information content (AvgIpc) is 2.59. The Morgan fingerprint density at radius 2 is 1.80 bits per heavy atom. The fraction of sp³-hybridized carbons (Fsp3) is 0.471. The molecule has 0 radical (unpaired) electrons. The van der Waals surface area contributed by atoms with Gasteiger partial charge in [-0.15, -0.1) is 0 Å². The smallest absolute Gasteiger partial charge is 0.355 e. The molecule has 1 aliphatic heterocycles. The van der Waals surface area contributed by atoms with E-state index in [2.05, 4.69) is 5.32 Å². The largest absolute Gasteiger partial charge is 0.416 e. The van der Waals surface area contributed by atoms with E-state index in [0.29, 0.717) is 32.5 Å². The maximum absolute atomic E-state index is 12.6. The molecule has 0 unspecified atom stereocenters. The van der Waals surface area contributed by atoms with Gasteiger partial charge in [-0.3, -0.25) is 9.59 Å². The SMILES string of the molecule is N#CCC(=O)NCC1CCN(C(=O)c2ccc(C(F)(F)F)cc2)CC1. The van der Waals surface area contributed by atoms with Crippen LogP contribution < -0.4 is 5.32 Å². The van der Waals surface area contributed by atoms with Crippen molar-refractivity contribution >= 4 is 11.8 Å². The molecule has 25 heavy (non-hydrogen) atoms. The Bertz CT molecular complexity index is 657. The molecule has 1 heterocycles. The number of carbonyl (C=O) groups excluding carboxylic acids is 2. The summed E-state index contributed by atoms with van der Waals surface area (Å²) in [7, 11) is 0. The number of alkyl halides is 3. The lowest BCUT2D eigenvalue weighted by Crippen LogP contribution is -2.41. The highest BCUT2D eigenvalue weighted by Gasteiger charge is 2.30. The van der Waals surface area contributed by atoms with Gasteiger partial charge in [0.1, 0.15) is 6.42 Å². The number of hydrogen-bond acceptors (Lipinski definition) is 3. The topological polar surface area (TPSA) is 73.2 Å². The van der Waals surface area contributed by atoms with Gasteiger partial charge in [0.15, 0.2) is 0 Å². The van der Waals surface area contributed by atoms with Crippen molar-refractivity contribution in [3.63, 3.8) is 0 Å². The molecule has 5 nitrogen and oxygen atoms in total. The Morgan fingerprint density at radius 3 is 2.32 bits per heavy atom. The number of benzene rings is 1. The summed E-state index contributed by atoms with van der Waals surface area (Å²) in [6, 6.07) is 5.98. The van der Waals surface area contributed by atoms with E-state index in [1.54, 1.807) is 11.0 Å². The molecule has 0 aliphatic carbocycles. The summed E-state index contributed by atoms with van der Waals surface area (Å²) in [6.07, 6.45) is -3.21. The van der Waals surface area contributed by atoms with Crippen LogP contribution in [0.3, 0.4) is 0 Å². The van der Waals surface area contributed by atoms with Crippen LogP contribution in [0.15, 0.2) is 24.3 Å². The molecule has 1 aliphatic rings. The minimum atomic E-state index is -4.42. The van der Waals surface area contributed by atoms with Crippen LogP contribution in [0.25, 0.3) is 0 Å². The van der Waals surface area contributed by atoms with Crippen molar-refractivity contribution in [2.75, 3.05) is 19.6 Å². The highest BCUT2D eigenvalue weighted by Crippen LogP contribution is 2.29. The van der Waals surface area contributed by atoms with Gasteiger partial charge in [-0.2, -0.15) is 18.4 Å². The minimum absolute atomic E-state index is 0.175. The molecule has 8 heteroatoms. The normalized spacial score (nSPS) is 15.5. The van der Waals surface area contributed by atoms with Gasteiger partial charge < -0.3 is 10.2 Å². The molecule has 0 saturated carbocycles. The predicted octanol–water partition coefficient (Wildman–Crippen LogP) is 2.59. The summed E-state index contributed by atoms with van der Waals surface area (Å²) in [5.74, 6) is -0.384. The summed E-state index contributed by atoms with van der Waals surface area (Å²) in [6.45, 7) is 1.43.